The number of rotatable bonds is 9. The number of carboxylic acids is 1. The van der Waals surface area contributed by atoms with Gasteiger partial charge in [0.2, 0.25) is 0 Å². The number of aliphatic carboxylic acids is 1. The van der Waals surface area contributed by atoms with Gasteiger partial charge in [0.05, 0.1) is 35.7 Å². The molecular weight excluding hydrogens is 483 g/mol. The lowest BCUT2D eigenvalue weighted by atomic mass is 9.82. The van der Waals surface area contributed by atoms with Gasteiger partial charge in [-0.25, -0.2) is 9.07 Å². The van der Waals surface area contributed by atoms with E-state index in [-0.39, 0.29) is 18.2 Å². The highest BCUT2D eigenvalue weighted by molar-refractivity contribution is 5.85. The Morgan fingerprint density at radius 2 is 1.84 bits per heavy atom. The average molecular weight is 515 g/mol. The number of fused-ring (bicyclic) bond motifs is 2. The van der Waals surface area contributed by atoms with Crippen LogP contribution in [0.1, 0.15) is 54.1 Å². The van der Waals surface area contributed by atoms with Gasteiger partial charge >= 0.3 is 5.97 Å². The summed E-state index contributed by atoms with van der Waals surface area (Å²) < 4.78 is 15.5. The second-order valence-electron chi connectivity index (χ2n) is 9.98. The molecule has 7 heteroatoms. The monoisotopic (exact) mass is 514 g/mol. The van der Waals surface area contributed by atoms with Crippen LogP contribution in [-0.4, -0.2) is 43.3 Å². The summed E-state index contributed by atoms with van der Waals surface area (Å²) in [6, 6.07) is 20.9. The molecule has 5 rings (SSSR count). The highest BCUT2D eigenvalue weighted by atomic mass is 19.1. The maximum absolute atomic E-state index is 13.7. The number of aliphatic hydroxyl groups is 2. The zero-order valence-electron chi connectivity index (χ0n) is 21.0. The van der Waals surface area contributed by atoms with Gasteiger partial charge < -0.3 is 15.3 Å². The molecular formula is C31H31FN2O4. The van der Waals surface area contributed by atoms with Gasteiger partial charge in [0, 0.05) is 17.9 Å². The van der Waals surface area contributed by atoms with Gasteiger partial charge in [-0.3, -0.25) is 4.79 Å². The van der Waals surface area contributed by atoms with Gasteiger partial charge in [-0.1, -0.05) is 48.5 Å². The minimum atomic E-state index is -1.15. The van der Waals surface area contributed by atoms with E-state index in [0.717, 1.165) is 42.6 Å². The normalized spacial score (nSPS) is 17.0. The number of hydrogen-bond donors (Lipinski definition) is 3. The summed E-state index contributed by atoms with van der Waals surface area (Å²) in [5.41, 5.74) is 4.90. The summed E-state index contributed by atoms with van der Waals surface area (Å²) in [7, 11) is 0. The molecule has 3 atom stereocenters. The van der Waals surface area contributed by atoms with E-state index in [1.807, 2.05) is 6.07 Å². The first-order valence-electron chi connectivity index (χ1n) is 13.0. The molecule has 1 aliphatic carbocycles. The van der Waals surface area contributed by atoms with Gasteiger partial charge in [-0.2, -0.15) is 5.10 Å². The largest absolute Gasteiger partial charge is 0.481 e. The molecule has 6 nitrogen and oxygen atoms in total. The van der Waals surface area contributed by atoms with E-state index < -0.39 is 24.6 Å². The van der Waals surface area contributed by atoms with E-state index in [2.05, 4.69) is 36.4 Å². The van der Waals surface area contributed by atoms with Crippen LogP contribution in [-0.2, 0) is 17.6 Å². The highest BCUT2D eigenvalue weighted by Crippen LogP contribution is 2.38. The van der Waals surface area contributed by atoms with E-state index in [1.54, 1.807) is 29.0 Å². The molecule has 0 bridgehead atoms. The Labute approximate surface area is 220 Å². The number of halogens is 1. The highest BCUT2D eigenvalue weighted by Gasteiger charge is 2.28. The van der Waals surface area contributed by atoms with Crippen LogP contribution in [0.15, 0.2) is 72.8 Å². The lowest BCUT2D eigenvalue weighted by molar-refractivity contribution is -0.139. The Morgan fingerprint density at radius 1 is 1.08 bits per heavy atom. The molecule has 0 aliphatic heterocycles. The fraction of sp³-hybridized carbons (Fsp3) is 0.290. The van der Waals surface area contributed by atoms with Crippen molar-refractivity contribution in [3.05, 3.63) is 101 Å². The molecule has 196 valence electrons. The summed E-state index contributed by atoms with van der Waals surface area (Å²) in [5.74, 6) is -1.24. The number of hydrogen-bond acceptors (Lipinski definition) is 4. The van der Waals surface area contributed by atoms with Crippen LogP contribution >= 0.6 is 0 Å². The molecule has 0 fully saturated rings. The van der Waals surface area contributed by atoms with Crippen molar-refractivity contribution >= 4 is 22.8 Å². The van der Waals surface area contributed by atoms with Gasteiger partial charge in [-0.15, -0.1) is 0 Å². The Bertz CT molecular complexity index is 1460. The predicted octanol–water partition coefficient (Wildman–Crippen LogP) is 5.43. The summed E-state index contributed by atoms with van der Waals surface area (Å²) in [6.07, 6.45) is 4.36. The molecule has 0 saturated heterocycles. The van der Waals surface area contributed by atoms with E-state index in [9.17, 15) is 19.4 Å². The van der Waals surface area contributed by atoms with Gasteiger partial charge in [0.1, 0.15) is 5.82 Å². The molecule has 3 N–H and O–H groups in total. The molecule has 0 amide bonds. The minimum Gasteiger partial charge on any atom is -0.481 e. The van der Waals surface area contributed by atoms with Crippen LogP contribution in [0.2, 0.25) is 0 Å². The lowest BCUT2D eigenvalue weighted by Crippen LogP contribution is -2.19. The van der Waals surface area contributed by atoms with Gasteiger partial charge in [0.15, 0.2) is 0 Å². The van der Waals surface area contributed by atoms with Crippen LogP contribution in [0.25, 0.3) is 22.5 Å². The number of aliphatic hydroxyl groups excluding tert-OH is 2. The second kappa shape index (κ2) is 11.3. The van der Waals surface area contributed by atoms with Crippen LogP contribution < -0.4 is 0 Å². The van der Waals surface area contributed by atoms with Crippen molar-refractivity contribution in [1.82, 2.24) is 9.78 Å². The number of carboxylic acid groups (broad SMARTS) is 1. The Hall–Kier alpha value is -3.81. The summed E-state index contributed by atoms with van der Waals surface area (Å²) >= 11 is 0. The third-order valence-electron chi connectivity index (χ3n) is 7.24. The standard InChI is InChI=1S/C31H31FN2O4/c32-23-11-13-24(14-12-23)34-29(16-15-25(35)18-26(36)19-30(37)38)28-10-4-8-22(31(28)33-34)17-21-7-3-6-20-5-1-2-9-27(20)21/h1-3,5-7,9,11-16,22,25-26,35-36H,4,8,10,17-19H2,(H,37,38)/b16-15+/t22?,25-,26-/m0/s1. The van der Waals surface area contributed by atoms with Gasteiger partial charge in [-0.05, 0) is 72.4 Å². The van der Waals surface area contributed by atoms with E-state index in [1.165, 1.54) is 28.5 Å². The third kappa shape index (κ3) is 5.69. The van der Waals surface area contributed by atoms with Crippen LogP contribution in [0.4, 0.5) is 4.39 Å². The molecule has 1 aliphatic rings. The van der Waals surface area contributed by atoms with Gasteiger partial charge in [0.25, 0.3) is 0 Å². The Morgan fingerprint density at radius 3 is 2.63 bits per heavy atom. The zero-order chi connectivity index (χ0) is 26.6. The topological polar surface area (TPSA) is 95.6 Å². The SMILES string of the molecule is O=C(O)C[C@@H](O)C[C@@H](O)/C=C/c1c2c(nn1-c1ccc(F)cc1)C(Cc1cccc3ccccc13)CCC2. The van der Waals surface area contributed by atoms with E-state index in [0.29, 0.717) is 5.69 Å². The number of aromatic nitrogens is 2. The molecule has 1 unspecified atom stereocenters. The first-order valence-corrected chi connectivity index (χ1v) is 13.0. The van der Waals surface area contributed by atoms with Crippen molar-refractivity contribution < 1.29 is 24.5 Å². The Kier molecular flexibility index (Phi) is 7.67. The molecule has 0 saturated carbocycles. The van der Waals surface area contributed by atoms with Crippen LogP contribution in [0.3, 0.4) is 0 Å². The van der Waals surface area contributed by atoms with Crippen molar-refractivity contribution in [2.75, 3.05) is 0 Å². The molecule has 1 aromatic heterocycles. The van der Waals surface area contributed by atoms with Crippen molar-refractivity contribution in [1.29, 1.82) is 0 Å². The summed E-state index contributed by atoms with van der Waals surface area (Å²) in [4.78, 5) is 10.9. The van der Waals surface area contributed by atoms with Crippen molar-refractivity contribution in [2.24, 2.45) is 0 Å². The van der Waals surface area contributed by atoms with Crippen LogP contribution in [0.5, 0.6) is 0 Å². The number of carbonyl (C=O) groups is 1. The smallest absolute Gasteiger partial charge is 0.305 e. The minimum absolute atomic E-state index is 0.0839. The first kappa shape index (κ1) is 25.8. The predicted molar refractivity (Wildman–Crippen MR) is 145 cm³/mol. The summed E-state index contributed by atoms with van der Waals surface area (Å²) in [5, 5.41) is 36.7. The van der Waals surface area contributed by atoms with E-state index >= 15 is 0 Å². The molecule has 4 aromatic rings. The van der Waals surface area contributed by atoms with Crippen molar-refractivity contribution in [2.45, 2.75) is 56.7 Å². The Balaban J connectivity index is 1.50. The third-order valence-corrected chi connectivity index (χ3v) is 7.24. The van der Waals surface area contributed by atoms with E-state index in [4.69, 9.17) is 10.2 Å². The number of benzene rings is 3. The molecule has 3 aromatic carbocycles. The lowest BCUT2D eigenvalue weighted by Gasteiger charge is -2.22. The molecule has 38 heavy (non-hydrogen) atoms. The zero-order valence-corrected chi connectivity index (χ0v) is 21.0. The first-order chi connectivity index (χ1) is 18.4. The quantitative estimate of drug-likeness (QED) is 0.277. The fourth-order valence-corrected chi connectivity index (χ4v) is 5.46. The summed E-state index contributed by atoms with van der Waals surface area (Å²) in [6.45, 7) is 0. The molecule has 1 heterocycles. The maximum atomic E-state index is 13.7. The van der Waals surface area contributed by atoms with Crippen LogP contribution in [0, 0.1) is 5.82 Å². The van der Waals surface area contributed by atoms with Crippen molar-refractivity contribution in [3.8, 4) is 5.69 Å². The van der Waals surface area contributed by atoms with Crippen molar-refractivity contribution in [3.63, 3.8) is 0 Å². The average Bonchev–Trinajstić information content (AvgIpc) is 3.27. The maximum Gasteiger partial charge on any atom is 0.305 e. The molecule has 0 radical (unpaired) electrons. The molecule has 0 spiro atoms. The second-order valence-corrected chi connectivity index (χ2v) is 9.98. The fourth-order valence-electron chi connectivity index (χ4n) is 5.46. The number of nitrogens with zero attached hydrogens (tertiary/aromatic N) is 2.